The lowest BCUT2D eigenvalue weighted by molar-refractivity contribution is 1.34. The van der Waals surface area contributed by atoms with Crippen LogP contribution in [0.4, 0.5) is 11.4 Å². The number of aromatic nitrogens is 2. The van der Waals surface area contributed by atoms with Crippen LogP contribution >= 0.6 is 0 Å². The summed E-state index contributed by atoms with van der Waals surface area (Å²) < 4.78 is 0. The van der Waals surface area contributed by atoms with Crippen LogP contribution in [-0.2, 0) is 0 Å². The first-order chi connectivity index (χ1) is 5.79. The van der Waals surface area contributed by atoms with Crippen LogP contribution in [0.15, 0.2) is 24.5 Å². The summed E-state index contributed by atoms with van der Waals surface area (Å²) >= 11 is 0. The standard InChI is InChI=1S/C8H8N4/c9-5-1-3-11-8-6(10)2-4-12-7(5)8/h1-4H,(H2,9,11)(H2,10,12). The number of fused-ring (bicyclic) bond motifs is 1. The van der Waals surface area contributed by atoms with E-state index in [1.54, 1.807) is 24.5 Å². The van der Waals surface area contributed by atoms with E-state index in [9.17, 15) is 0 Å². The average Bonchev–Trinajstić information content (AvgIpc) is 2.07. The molecule has 0 fully saturated rings. The smallest absolute Gasteiger partial charge is 0.114 e. The van der Waals surface area contributed by atoms with Crippen molar-refractivity contribution >= 4 is 22.4 Å². The van der Waals surface area contributed by atoms with Crippen molar-refractivity contribution in [2.45, 2.75) is 0 Å². The summed E-state index contributed by atoms with van der Waals surface area (Å²) in [6, 6.07) is 3.41. The molecule has 0 saturated heterocycles. The van der Waals surface area contributed by atoms with Gasteiger partial charge in [-0.1, -0.05) is 0 Å². The molecule has 0 radical (unpaired) electrons. The number of nitrogens with two attached hydrogens (primary N) is 2. The van der Waals surface area contributed by atoms with Gasteiger partial charge >= 0.3 is 0 Å². The number of rotatable bonds is 0. The second-order valence-electron chi connectivity index (χ2n) is 2.50. The summed E-state index contributed by atoms with van der Waals surface area (Å²) in [6.45, 7) is 0. The van der Waals surface area contributed by atoms with Crippen LogP contribution < -0.4 is 11.5 Å². The van der Waals surface area contributed by atoms with Gasteiger partial charge in [-0.15, -0.1) is 0 Å². The zero-order valence-corrected chi connectivity index (χ0v) is 6.36. The van der Waals surface area contributed by atoms with Crippen molar-refractivity contribution in [3.8, 4) is 0 Å². The molecule has 2 rings (SSSR count). The molecule has 0 atom stereocenters. The maximum atomic E-state index is 5.67. The summed E-state index contributed by atoms with van der Waals surface area (Å²) in [5.41, 5.74) is 13.9. The van der Waals surface area contributed by atoms with E-state index >= 15 is 0 Å². The fourth-order valence-corrected chi connectivity index (χ4v) is 1.09. The molecule has 0 bridgehead atoms. The number of hydrogen-bond acceptors (Lipinski definition) is 4. The molecule has 2 aromatic heterocycles. The highest BCUT2D eigenvalue weighted by Crippen LogP contribution is 2.19. The number of anilines is 2. The number of pyridine rings is 2. The van der Waals surface area contributed by atoms with E-state index in [-0.39, 0.29) is 0 Å². The van der Waals surface area contributed by atoms with Crippen molar-refractivity contribution in [1.82, 2.24) is 9.97 Å². The van der Waals surface area contributed by atoms with E-state index in [2.05, 4.69) is 9.97 Å². The van der Waals surface area contributed by atoms with E-state index in [0.717, 1.165) is 0 Å². The quantitative estimate of drug-likeness (QED) is 0.597. The third-order valence-electron chi connectivity index (χ3n) is 1.69. The Balaban J connectivity index is 2.94. The Hall–Kier alpha value is -1.84. The summed E-state index contributed by atoms with van der Waals surface area (Å²) in [7, 11) is 0. The van der Waals surface area contributed by atoms with Crippen LogP contribution in [0.5, 0.6) is 0 Å². The molecule has 60 valence electrons. The second-order valence-corrected chi connectivity index (χ2v) is 2.50. The van der Waals surface area contributed by atoms with Gasteiger partial charge in [-0.2, -0.15) is 0 Å². The molecule has 4 N–H and O–H groups in total. The Labute approximate surface area is 69.2 Å². The Bertz CT molecular complexity index is 383. The minimum atomic E-state index is 0.604. The van der Waals surface area contributed by atoms with Crippen molar-refractivity contribution in [2.75, 3.05) is 11.5 Å². The predicted molar refractivity (Wildman–Crippen MR) is 48.4 cm³/mol. The molecule has 4 nitrogen and oxygen atoms in total. The molecule has 0 amide bonds. The van der Waals surface area contributed by atoms with Crippen molar-refractivity contribution in [1.29, 1.82) is 0 Å². The van der Waals surface area contributed by atoms with Gasteiger partial charge in [-0.05, 0) is 12.1 Å². The lowest BCUT2D eigenvalue weighted by Gasteiger charge is -2.00. The molecule has 0 aromatic carbocycles. The first kappa shape index (κ1) is 6.84. The molecule has 0 aliphatic rings. The molecule has 12 heavy (non-hydrogen) atoms. The van der Waals surface area contributed by atoms with E-state index in [1.165, 1.54) is 0 Å². The van der Waals surface area contributed by atoms with Crippen LogP contribution in [-0.4, -0.2) is 9.97 Å². The van der Waals surface area contributed by atoms with Gasteiger partial charge < -0.3 is 11.5 Å². The monoisotopic (exact) mass is 160 g/mol. The van der Waals surface area contributed by atoms with Gasteiger partial charge in [0.15, 0.2) is 0 Å². The number of nitrogens with zero attached hydrogens (tertiary/aromatic N) is 2. The van der Waals surface area contributed by atoms with Gasteiger partial charge in [-0.3, -0.25) is 9.97 Å². The fraction of sp³-hybridized carbons (Fsp3) is 0. The molecular formula is C8H8N4. The third-order valence-corrected chi connectivity index (χ3v) is 1.69. The molecule has 2 heterocycles. The lowest BCUT2D eigenvalue weighted by Crippen LogP contribution is -1.95. The van der Waals surface area contributed by atoms with E-state index < -0.39 is 0 Å². The third kappa shape index (κ3) is 0.852. The predicted octanol–water partition coefficient (Wildman–Crippen LogP) is 0.794. The zero-order chi connectivity index (χ0) is 8.55. The first-order valence-corrected chi connectivity index (χ1v) is 3.53. The fourth-order valence-electron chi connectivity index (χ4n) is 1.09. The van der Waals surface area contributed by atoms with Gasteiger partial charge in [0.1, 0.15) is 11.0 Å². The Morgan fingerprint density at radius 1 is 0.833 bits per heavy atom. The van der Waals surface area contributed by atoms with Gasteiger partial charge in [0.05, 0.1) is 11.4 Å². The molecule has 0 aliphatic carbocycles. The topological polar surface area (TPSA) is 77.8 Å². The number of nitrogen functional groups attached to an aromatic ring is 2. The first-order valence-electron chi connectivity index (χ1n) is 3.53. The minimum absolute atomic E-state index is 0.604. The van der Waals surface area contributed by atoms with Gasteiger partial charge in [0.25, 0.3) is 0 Å². The van der Waals surface area contributed by atoms with Crippen LogP contribution in [0, 0.1) is 0 Å². The number of hydrogen-bond donors (Lipinski definition) is 2. The van der Waals surface area contributed by atoms with Crippen molar-refractivity contribution in [3.05, 3.63) is 24.5 Å². The highest BCUT2D eigenvalue weighted by Gasteiger charge is 2.01. The van der Waals surface area contributed by atoms with E-state index in [1.807, 2.05) is 0 Å². The maximum absolute atomic E-state index is 5.67. The van der Waals surface area contributed by atoms with Crippen LogP contribution in [0.1, 0.15) is 0 Å². The molecule has 0 aliphatic heterocycles. The molecular weight excluding hydrogens is 152 g/mol. The lowest BCUT2D eigenvalue weighted by atomic mass is 10.2. The summed E-state index contributed by atoms with van der Waals surface area (Å²) in [6.07, 6.45) is 3.24. The Morgan fingerprint density at radius 2 is 1.25 bits per heavy atom. The molecule has 0 unspecified atom stereocenters. The summed E-state index contributed by atoms with van der Waals surface area (Å²) in [5.74, 6) is 0. The minimum Gasteiger partial charge on any atom is -0.397 e. The molecule has 4 heteroatoms. The van der Waals surface area contributed by atoms with Crippen LogP contribution in [0.25, 0.3) is 11.0 Å². The summed E-state index contributed by atoms with van der Waals surface area (Å²) in [4.78, 5) is 8.15. The van der Waals surface area contributed by atoms with E-state index in [0.29, 0.717) is 22.4 Å². The zero-order valence-electron chi connectivity index (χ0n) is 6.36. The normalized spacial score (nSPS) is 10.3. The van der Waals surface area contributed by atoms with Crippen LogP contribution in [0.3, 0.4) is 0 Å². The Morgan fingerprint density at radius 3 is 1.67 bits per heavy atom. The molecule has 0 spiro atoms. The Kier molecular flexibility index (Phi) is 1.33. The molecule has 2 aromatic rings. The van der Waals surface area contributed by atoms with Crippen molar-refractivity contribution in [2.24, 2.45) is 0 Å². The van der Waals surface area contributed by atoms with Crippen molar-refractivity contribution in [3.63, 3.8) is 0 Å². The van der Waals surface area contributed by atoms with Crippen molar-refractivity contribution < 1.29 is 0 Å². The summed E-state index contributed by atoms with van der Waals surface area (Å²) in [5, 5.41) is 0. The highest BCUT2D eigenvalue weighted by molar-refractivity contribution is 5.93. The average molecular weight is 160 g/mol. The largest absolute Gasteiger partial charge is 0.397 e. The molecule has 0 saturated carbocycles. The van der Waals surface area contributed by atoms with Gasteiger partial charge in [-0.25, -0.2) is 0 Å². The van der Waals surface area contributed by atoms with Gasteiger partial charge in [0, 0.05) is 12.4 Å². The van der Waals surface area contributed by atoms with E-state index in [4.69, 9.17) is 11.5 Å². The SMILES string of the molecule is Nc1ccnc2c(N)ccnc12. The van der Waals surface area contributed by atoms with Gasteiger partial charge in [0.2, 0.25) is 0 Å². The maximum Gasteiger partial charge on any atom is 0.114 e. The second kappa shape index (κ2) is 2.34. The highest BCUT2D eigenvalue weighted by atomic mass is 14.8. The van der Waals surface area contributed by atoms with Crippen LogP contribution in [0.2, 0.25) is 0 Å².